The molecule has 2 atom stereocenters. The summed E-state index contributed by atoms with van der Waals surface area (Å²) in [5.41, 5.74) is 6.04. The van der Waals surface area contributed by atoms with Gasteiger partial charge in [-0.15, -0.1) is 0 Å². The molecule has 1 rings (SSSR count). The number of ether oxygens (including phenoxy) is 1. The average molecular weight is 214 g/mol. The molecule has 0 amide bonds. The Morgan fingerprint density at radius 1 is 1.53 bits per heavy atom. The van der Waals surface area contributed by atoms with Gasteiger partial charge in [-0.2, -0.15) is 0 Å². The van der Waals surface area contributed by atoms with Gasteiger partial charge in [-0.05, 0) is 24.8 Å². The lowest BCUT2D eigenvalue weighted by molar-refractivity contribution is -0.00428. The predicted molar refractivity (Wildman–Crippen MR) is 63.9 cm³/mol. The molecule has 0 radical (unpaired) electrons. The van der Waals surface area contributed by atoms with E-state index in [-0.39, 0.29) is 5.54 Å². The van der Waals surface area contributed by atoms with Crippen molar-refractivity contribution in [3.8, 4) is 0 Å². The highest BCUT2D eigenvalue weighted by molar-refractivity contribution is 4.97. The van der Waals surface area contributed by atoms with Crippen LogP contribution in [-0.4, -0.2) is 43.8 Å². The first-order chi connectivity index (χ1) is 7.06. The van der Waals surface area contributed by atoms with Crippen molar-refractivity contribution in [2.75, 3.05) is 33.4 Å². The molecule has 0 aromatic heterocycles. The highest BCUT2D eigenvalue weighted by Gasteiger charge is 2.41. The highest BCUT2D eigenvalue weighted by atomic mass is 16.5. The number of methoxy groups -OCH3 is 1. The molecular formula is C12H26N2O. The summed E-state index contributed by atoms with van der Waals surface area (Å²) < 4.78 is 5.39. The van der Waals surface area contributed by atoms with Crippen LogP contribution in [0.1, 0.15) is 27.2 Å². The first-order valence-electron chi connectivity index (χ1n) is 6.01. The van der Waals surface area contributed by atoms with Crippen LogP contribution in [0.3, 0.4) is 0 Å². The van der Waals surface area contributed by atoms with Crippen LogP contribution in [-0.2, 0) is 4.74 Å². The Labute approximate surface area is 94.0 Å². The summed E-state index contributed by atoms with van der Waals surface area (Å²) in [6, 6.07) is 0. The Kier molecular flexibility index (Phi) is 4.56. The maximum atomic E-state index is 6.00. The molecule has 0 aromatic carbocycles. The summed E-state index contributed by atoms with van der Waals surface area (Å²) in [7, 11) is 1.77. The van der Waals surface area contributed by atoms with Crippen molar-refractivity contribution in [2.45, 2.75) is 32.7 Å². The van der Waals surface area contributed by atoms with Crippen LogP contribution < -0.4 is 5.73 Å². The molecule has 0 spiro atoms. The van der Waals surface area contributed by atoms with Crippen LogP contribution in [0.5, 0.6) is 0 Å². The second kappa shape index (κ2) is 5.28. The monoisotopic (exact) mass is 214 g/mol. The van der Waals surface area contributed by atoms with Crippen LogP contribution in [0.15, 0.2) is 0 Å². The lowest BCUT2D eigenvalue weighted by Gasteiger charge is -2.44. The van der Waals surface area contributed by atoms with Crippen molar-refractivity contribution in [1.82, 2.24) is 4.90 Å². The van der Waals surface area contributed by atoms with Gasteiger partial charge in [0.25, 0.3) is 0 Å². The number of rotatable bonds is 5. The van der Waals surface area contributed by atoms with Crippen molar-refractivity contribution in [1.29, 1.82) is 0 Å². The average Bonchev–Trinajstić information content (AvgIpc) is 2.61. The van der Waals surface area contributed by atoms with E-state index < -0.39 is 0 Å². The molecule has 1 aliphatic rings. The number of nitrogens with two attached hydrogens (primary N) is 1. The van der Waals surface area contributed by atoms with E-state index in [1.54, 1.807) is 7.11 Å². The minimum atomic E-state index is 0.0412. The smallest absolute Gasteiger partial charge is 0.0661 e. The quantitative estimate of drug-likeness (QED) is 0.750. The van der Waals surface area contributed by atoms with Crippen LogP contribution >= 0.6 is 0 Å². The largest absolute Gasteiger partial charge is 0.383 e. The van der Waals surface area contributed by atoms with Crippen molar-refractivity contribution < 1.29 is 4.74 Å². The first-order valence-corrected chi connectivity index (χ1v) is 6.01. The maximum Gasteiger partial charge on any atom is 0.0661 e. The molecule has 2 unspecified atom stereocenters. The van der Waals surface area contributed by atoms with Gasteiger partial charge >= 0.3 is 0 Å². The van der Waals surface area contributed by atoms with Gasteiger partial charge in [0, 0.05) is 20.2 Å². The number of hydrogen-bond donors (Lipinski definition) is 1. The topological polar surface area (TPSA) is 38.5 Å². The van der Waals surface area contributed by atoms with Crippen LogP contribution in [0.2, 0.25) is 0 Å². The molecule has 0 aliphatic carbocycles. The van der Waals surface area contributed by atoms with E-state index in [1.165, 1.54) is 19.5 Å². The molecule has 90 valence electrons. The lowest BCUT2D eigenvalue weighted by Crippen LogP contribution is -2.59. The Balaban J connectivity index is 2.78. The molecule has 1 heterocycles. The molecule has 2 N–H and O–H groups in total. The van der Waals surface area contributed by atoms with Crippen molar-refractivity contribution >= 4 is 0 Å². The second-order valence-electron chi connectivity index (χ2n) is 5.24. The summed E-state index contributed by atoms with van der Waals surface area (Å²) in [6.07, 6.45) is 1.29. The van der Waals surface area contributed by atoms with E-state index in [4.69, 9.17) is 10.5 Å². The molecule has 0 aromatic rings. The van der Waals surface area contributed by atoms with Crippen molar-refractivity contribution in [2.24, 2.45) is 17.6 Å². The van der Waals surface area contributed by atoms with Crippen molar-refractivity contribution in [3.63, 3.8) is 0 Å². The third-order valence-corrected chi connectivity index (χ3v) is 3.88. The molecule has 0 saturated carbocycles. The van der Waals surface area contributed by atoms with Crippen LogP contribution in [0, 0.1) is 11.8 Å². The minimum Gasteiger partial charge on any atom is -0.383 e. The molecule has 1 aliphatic heterocycles. The third-order valence-electron chi connectivity index (χ3n) is 3.88. The SMILES string of the molecule is COCC(CN)(C(C)C)N1CCC(C)C1. The maximum absolute atomic E-state index is 6.00. The normalized spacial score (nSPS) is 27.2. The fraction of sp³-hybridized carbons (Fsp3) is 1.00. The van der Waals surface area contributed by atoms with Gasteiger partial charge in [0.1, 0.15) is 0 Å². The van der Waals surface area contributed by atoms with E-state index in [9.17, 15) is 0 Å². The van der Waals surface area contributed by atoms with Crippen LogP contribution in [0.4, 0.5) is 0 Å². The number of nitrogens with zero attached hydrogens (tertiary/aromatic N) is 1. The predicted octanol–water partition coefficient (Wildman–Crippen LogP) is 1.33. The van der Waals surface area contributed by atoms with Gasteiger partial charge in [0.05, 0.1) is 12.1 Å². The molecule has 15 heavy (non-hydrogen) atoms. The minimum absolute atomic E-state index is 0.0412. The van der Waals surface area contributed by atoms with Gasteiger partial charge < -0.3 is 10.5 Å². The standard InChI is InChI=1S/C12H26N2O/c1-10(2)12(8-13,9-15-4)14-6-5-11(3)7-14/h10-11H,5-9,13H2,1-4H3. The van der Waals surface area contributed by atoms with E-state index in [1.807, 2.05) is 0 Å². The number of hydrogen-bond acceptors (Lipinski definition) is 3. The Hall–Kier alpha value is -0.120. The fourth-order valence-electron chi connectivity index (χ4n) is 2.64. The Morgan fingerprint density at radius 2 is 2.20 bits per heavy atom. The van der Waals surface area contributed by atoms with Gasteiger partial charge in [-0.25, -0.2) is 0 Å². The van der Waals surface area contributed by atoms with E-state index >= 15 is 0 Å². The second-order valence-corrected chi connectivity index (χ2v) is 5.24. The summed E-state index contributed by atoms with van der Waals surface area (Å²) >= 11 is 0. The van der Waals surface area contributed by atoms with Gasteiger partial charge in [0.2, 0.25) is 0 Å². The zero-order chi connectivity index (χ0) is 11.5. The first kappa shape index (κ1) is 12.9. The van der Waals surface area contributed by atoms with E-state index in [0.29, 0.717) is 12.5 Å². The fourth-order valence-corrected chi connectivity index (χ4v) is 2.64. The zero-order valence-electron chi connectivity index (χ0n) is 10.6. The molecule has 0 bridgehead atoms. The lowest BCUT2D eigenvalue weighted by atomic mass is 9.85. The molecule has 1 saturated heterocycles. The van der Waals surface area contributed by atoms with Gasteiger partial charge in [-0.1, -0.05) is 20.8 Å². The van der Waals surface area contributed by atoms with Gasteiger partial charge in [-0.3, -0.25) is 4.90 Å². The number of likely N-dealkylation sites (tertiary alicyclic amines) is 1. The third kappa shape index (κ3) is 2.52. The van der Waals surface area contributed by atoms with E-state index in [2.05, 4.69) is 25.7 Å². The zero-order valence-corrected chi connectivity index (χ0v) is 10.6. The van der Waals surface area contributed by atoms with Crippen molar-refractivity contribution in [3.05, 3.63) is 0 Å². The van der Waals surface area contributed by atoms with E-state index in [0.717, 1.165) is 12.5 Å². The Morgan fingerprint density at radius 3 is 2.53 bits per heavy atom. The summed E-state index contributed by atoms with van der Waals surface area (Å²) in [5, 5.41) is 0. The summed E-state index contributed by atoms with van der Waals surface area (Å²) in [6.45, 7) is 10.6. The molecule has 1 fully saturated rings. The molecule has 3 nitrogen and oxygen atoms in total. The molecule has 3 heteroatoms. The van der Waals surface area contributed by atoms with Crippen LogP contribution in [0.25, 0.3) is 0 Å². The highest BCUT2D eigenvalue weighted by Crippen LogP contribution is 2.30. The summed E-state index contributed by atoms with van der Waals surface area (Å²) in [5.74, 6) is 1.33. The van der Waals surface area contributed by atoms with Gasteiger partial charge in [0.15, 0.2) is 0 Å². The Bertz CT molecular complexity index is 196. The molecular weight excluding hydrogens is 188 g/mol. The summed E-state index contributed by atoms with van der Waals surface area (Å²) in [4.78, 5) is 2.53.